The van der Waals surface area contributed by atoms with Crippen LogP contribution in [0.3, 0.4) is 0 Å². The van der Waals surface area contributed by atoms with E-state index in [1.165, 1.54) is 11.8 Å². The average Bonchev–Trinajstić information content (AvgIpc) is 3.31. The number of carbonyl (C=O) groups is 1. The van der Waals surface area contributed by atoms with E-state index in [4.69, 9.17) is 9.15 Å². The molecule has 0 spiro atoms. The summed E-state index contributed by atoms with van der Waals surface area (Å²) in [6.07, 6.45) is 3.10. The second-order valence-corrected chi connectivity index (χ2v) is 7.98. The van der Waals surface area contributed by atoms with Gasteiger partial charge in [-0.3, -0.25) is 14.3 Å². The Morgan fingerprint density at radius 2 is 2.11 bits per heavy atom. The van der Waals surface area contributed by atoms with Gasteiger partial charge in [0.2, 0.25) is 5.91 Å². The fourth-order valence-electron chi connectivity index (χ4n) is 3.45. The highest BCUT2D eigenvalue weighted by Gasteiger charge is 2.21. The lowest BCUT2D eigenvalue weighted by molar-refractivity contribution is -0.118. The Labute approximate surface area is 170 Å². The number of hydrogen-bond acceptors (Lipinski definition) is 7. The molecule has 0 bridgehead atoms. The molecule has 2 aromatic heterocycles. The predicted octanol–water partition coefficient (Wildman–Crippen LogP) is 2.27. The number of furan rings is 1. The first kappa shape index (κ1) is 20.9. The molecule has 0 aromatic carbocycles. The van der Waals surface area contributed by atoms with E-state index in [2.05, 4.69) is 34.3 Å². The maximum atomic E-state index is 12.2. The smallest absolute Gasteiger partial charge is 0.230 e. The van der Waals surface area contributed by atoms with Gasteiger partial charge in [-0.2, -0.15) is 0 Å². The van der Waals surface area contributed by atoms with Gasteiger partial charge in [-0.15, -0.1) is 10.2 Å². The number of rotatable bonds is 9. The molecule has 1 aliphatic heterocycles. The highest BCUT2D eigenvalue weighted by Crippen LogP contribution is 2.24. The van der Waals surface area contributed by atoms with Crippen molar-refractivity contribution >= 4 is 17.7 Å². The van der Waals surface area contributed by atoms with Crippen LogP contribution in [0, 0.1) is 0 Å². The van der Waals surface area contributed by atoms with E-state index in [1.54, 1.807) is 6.26 Å². The molecule has 3 heterocycles. The van der Waals surface area contributed by atoms with Crippen molar-refractivity contribution in [1.82, 2.24) is 25.0 Å². The quantitative estimate of drug-likeness (QED) is 0.504. The van der Waals surface area contributed by atoms with Crippen LogP contribution in [0.25, 0.3) is 11.6 Å². The Morgan fingerprint density at radius 3 is 2.79 bits per heavy atom. The fourth-order valence-corrected chi connectivity index (χ4v) is 4.28. The third-order valence-electron chi connectivity index (χ3n) is 4.58. The zero-order valence-corrected chi connectivity index (χ0v) is 17.6. The van der Waals surface area contributed by atoms with E-state index < -0.39 is 0 Å². The van der Waals surface area contributed by atoms with Crippen LogP contribution in [-0.4, -0.2) is 69.7 Å². The van der Waals surface area contributed by atoms with Gasteiger partial charge in [-0.05, 0) is 39.3 Å². The van der Waals surface area contributed by atoms with E-state index in [0.717, 1.165) is 31.2 Å². The van der Waals surface area contributed by atoms with Gasteiger partial charge in [0.05, 0.1) is 24.2 Å². The molecule has 1 amide bonds. The first-order valence-corrected chi connectivity index (χ1v) is 10.8. The summed E-state index contributed by atoms with van der Waals surface area (Å²) < 4.78 is 13.1. The van der Waals surface area contributed by atoms with Crippen LogP contribution in [0.1, 0.15) is 27.2 Å². The van der Waals surface area contributed by atoms with Gasteiger partial charge in [-0.25, -0.2) is 0 Å². The third kappa shape index (κ3) is 5.59. The first-order valence-electron chi connectivity index (χ1n) is 9.81. The number of morpholine rings is 1. The van der Waals surface area contributed by atoms with Crippen LogP contribution in [-0.2, 0) is 16.1 Å². The zero-order chi connectivity index (χ0) is 19.9. The summed E-state index contributed by atoms with van der Waals surface area (Å²) in [6, 6.07) is 3.68. The molecule has 0 aliphatic carbocycles. The van der Waals surface area contributed by atoms with E-state index in [9.17, 15) is 4.79 Å². The Bertz CT molecular complexity index is 739. The molecule has 2 aromatic rings. The lowest BCUT2D eigenvalue weighted by Crippen LogP contribution is -2.46. The van der Waals surface area contributed by atoms with Gasteiger partial charge >= 0.3 is 0 Å². The number of nitrogens with zero attached hydrogens (tertiary/aromatic N) is 4. The van der Waals surface area contributed by atoms with Crippen molar-refractivity contribution in [3.8, 4) is 11.6 Å². The Kier molecular flexibility index (Phi) is 7.52. The fraction of sp³-hybridized carbons (Fsp3) is 0.632. The molecule has 1 aliphatic rings. The van der Waals surface area contributed by atoms with E-state index >= 15 is 0 Å². The normalized spacial score (nSPS) is 20.4. The van der Waals surface area contributed by atoms with Gasteiger partial charge in [0.15, 0.2) is 16.7 Å². The van der Waals surface area contributed by atoms with Crippen LogP contribution in [0.2, 0.25) is 0 Å². The molecule has 0 saturated carbocycles. The van der Waals surface area contributed by atoms with Crippen molar-refractivity contribution in [2.45, 2.75) is 51.1 Å². The second kappa shape index (κ2) is 10.1. The highest BCUT2D eigenvalue weighted by atomic mass is 32.2. The summed E-state index contributed by atoms with van der Waals surface area (Å²) in [7, 11) is 0. The SMILES string of the molecule is CCn1c(SCC(=O)NCCCN2CC(C)OC(C)C2)nnc1-c1ccco1. The van der Waals surface area contributed by atoms with Crippen molar-refractivity contribution in [3.63, 3.8) is 0 Å². The van der Waals surface area contributed by atoms with Crippen molar-refractivity contribution in [2.75, 3.05) is 31.9 Å². The minimum atomic E-state index is 0.0129. The molecule has 8 nitrogen and oxygen atoms in total. The molecule has 28 heavy (non-hydrogen) atoms. The monoisotopic (exact) mass is 407 g/mol. The number of carbonyl (C=O) groups excluding carboxylic acids is 1. The zero-order valence-electron chi connectivity index (χ0n) is 16.8. The second-order valence-electron chi connectivity index (χ2n) is 7.04. The third-order valence-corrected chi connectivity index (χ3v) is 5.54. The largest absolute Gasteiger partial charge is 0.461 e. The van der Waals surface area contributed by atoms with Gasteiger partial charge in [0.25, 0.3) is 0 Å². The van der Waals surface area contributed by atoms with Crippen molar-refractivity contribution < 1.29 is 13.9 Å². The molecule has 2 atom stereocenters. The molecule has 1 fully saturated rings. The minimum absolute atomic E-state index is 0.0129. The van der Waals surface area contributed by atoms with Crippen LogP contribution in [0.4, 0.5) is 0 Å². The average molecular weight is 408 g/mol. The molecule has 154 valence electrons. The summed E-state index contributed by atoms with van der Waals surface area (Å²) >= 11 is 1.39. The summed E-state index contributed by atoms with van der Waals surface area (Å²) in [6.45, 7) is 10.5. The van der Waals surface area contributed by atoms with E-state index in [1.807, 2.05) is 23.6 Å². The van der Waals surface area contributed by atoms with Crippen LogP contribution in [0.5, 0.6) is 0 Å². The Hall–Kier alpha value is -1.84. The predicted molar refractivity (Wildman–Crippen MR) is 108 cm³/mol. The molecule has 2 unspecified atom stereocenters. The van der Waals surface area contributed by atoms with Crippen molar-refractivity contribution in [3.05, 3.63) is 18.4 Å². The number of aromatic nitrogens is 3. The van der Waals surface area contributed by atoms with Crippen LogP contribution >= 0.6 is 11.8 Å². The molecule has 1 saturated heterocycles. The maximum Gasteiger partial charge on any atom is 0.230 e. The van der Waals surface area contributed by atoms with Gasteiger partial charge < -0.3 is 14.5 Å². The maximum absolute atomic E-state index is 12.2. The molecular formula is C19H29N5O3S. The van der Waals surface area contributed by atoms with Crippen molar-refractivity contribution in [1.29, 1.82) is 0 Å². The number of nitrogens with one attached hydrogen (secondary N) is 1. The highest BCUT2D eigenvalue weighted by molar-refractivity contribution is 7.99. The molecule has 9 heteroatoms. The van der Waals surface area contributed by atoms with Gasteiger partial charge in [0.1, 0.15) is 0 Å². The molecule has 1 N–H and O–H groups in total. The number of thioether (sulfide) groups is 1. The molecule has 3 rings (SSSR count). The van der Waals surface area contributed by atoms with Gasteiger partial charge in [0, 0.05) is 32.7 Å². The minimum Gasteiger partial charge on any atom is -0.461 e. The number of ether oxygens (including phenoxy) is 1. The van der Waals surface area contributed by atoms with E-state index in [-0.39, 0.29) is 18.1 Å². The Balaban J connectivity index is 1.39. The Morgan fingerprint density at radius 1 is 1.32 bits per heavy atom. The van der Waals surface area contributed by atoms with Crippen LogP contribution < -0.4 is 5.32 Å². The van der Waals surface area contributed by atoms with Gasteiger partial charge in [-0.1, -0.05) is 11.8 Å². The summed E-state index contributed by atoms with van der Waals surface area (Å²) in [5.74, 6) is 1.70. The topological polar surface area (TPSA) is 85.4 Å². The summed E-state index contributed by atoms with van der Waals surface area (Å²) in [5, 5.41) is 12.1. The first-order chi connectivity index (χ1) is 13.6. The lowest BCUT2D eigenvalue weighted by Gasteiger charge is -2.35. The molecule has 0 radical (unpaired) electrons. The van der Waals surface area contributed by atoms with E-state index in [0.29, 0.717) is 30.4 Å². The lowest BCUT2D eigenvalue weighted by atomic mass is 10.2. The van der Waals surface area contributed by atoms with Crippen molar-refractivity contribution in [2.24, 2.45) is 0 Å². The number of amides is 1. The number of hydrogen-bond donors (Lipinski definition) is 1. The summed E-state index contributed by atoms with van der Waals surface area (Å²) in [4.78, 5) is 14.6. The standard InChI is InChI=1S/C19H29N5O3S/c1-4-24-18(16-7-5-10-26-16)21-22-19(24)28-13-17(25)20-8-6-9-23-11-14(2)27-15(3)12-23/h5,7,10,14-15H,4,6,8-9,11-13H2,1-3H3,(H,20,25). The summed E-state index contributed by atoms with van der Waals surface area (Å²) in [5.41, 5.74) is 0. The van der Waals surface area contributed by atoms with Crippen LogP contribution in [0.15, 0.2) is 28.0 Å². The molecular weight excluding hydrogens is 378 g/mol.